The van der Waals surface area contributed by atoms with E-state index in [4.69, 9.17) is 4.43 Å². The summed E-state index contributed by atoms with van der Waals surface area (Å²) in [4.78, 5) is 0. The molecule has 2 aliphatic carbocycles. The van der Waals surface area contributed by atoms with E-state index in [1.54, 1.807) is 0 Å². The SMILES string of the molecule is CC1CCC(C)C1[SiH2]OCC1CCCC1. The summed E-state index contributed by atoms with van der Waals surface area (Å²) in [5.74, 6) is 2.83. The third kappa shape index (κ3) is 3.07. The van der Waals surface area contributed by atoms with Crippen LogP contribution in [0, 0.1) is 17.8 Å². The van der Waals surface area contributed by atoms with E-state index in [2.05, 4.69) is 13.8 Å². The van der Waals surface area contributed by atoms with Gasteiger partial charge >= 0.3 is 0 Å². The predicted octanol–water partition coefficient (Wildman–Crippen LogP) is 3.13. The maximum absolute atomic E-state index is 6.08. The molecule has 0 N–H and O–H groups in total. The zero-order valence-corrected chi connectivity index (χ0v) is 11.8. The molecule has 1 nitrogen and oxygen atoms in total. The van der Waals surface area contributed by atoms with Crippen molar-refractivity contribution in [2.24, 2.45) is 17.8 Å². The summed E-state index contributed by atoms with van der Waals surface area (Å²) in [6.07, 6.45) is 8.67. The molecule has 0 aliphatic heterocycles. The van der Waals surface area contributed by atoms with Gasteiger partial charge in [-0.2, -0.15) is 0 Å². The van der Waals surface area contributed by atoms with E-state index < -0.39 is 0 Å². The van der Waals surface area contributed by atoms with Gasteiger partial charge in [0.1, 0.15) is 0 Å². The van der Waals surface area contributed by atoms with Crippen LogP contribution >= 0.6 is 0 Å². The Hall–Kier alpha value is 0.177. The molecule has 15 heavy (non-hydrogen) atoms. The van der Waals surface area contributed by atoms with Gasteiger partial charge in [-0.3, -0.25) is 0 Å². The quantitative estimate of drug-likeness (QED) is 0.669. The zero-order chi connectivity index (χ0) is 10.7. The molecule has 0 radical (unpaired) electrons. The van der Waals surface area contributed by atoms with Crippen molar-refractivity contribution in [3.05, 3.63) is 0 Å². The molecular formula is C13H26OSi. The van der Waals surface area contributed by atoms with Gasteiger partial charge in [0.25, 0.3) is 0 Å². The molecule has 88 valence electrons. The van der Waals surface area contributed by atoms with Gasteiger partial charge in [-0.25, -0.2) is 0 Å². The summed E-state index contributed by atoms with van der Waals surface area (Å²) in [7, 11) is -0.241. The first-order chi connectivity index (χ1) is 7.27. The molecule has 0 aromatic heterocycles. The van der Waals surface area contributed by atoms with Gasteiger partial charge in [0, 0.05) is 6.61 Å². The molecule has 0 spiro atoms. The Morgan fingerprint density at radius 2 is 1.60 bits per heavy atom. The second kappa shape index (κ2) is 5.49. The highest BCUT2D eigenvalue weighted by Crippen LogP contribution is 2.40. The monoisotopic (exact) mass is 226 g/mol. The number of rotatable bonds is 4. The van der Waals surface area contributed by atoms with Crippen LogP contribution in [0.2, 0.25) is 5.54 Å². The summed E-state index contributed by atoms with van der Waals surface area (Å²) in [5.41, 5.74) is 0.978. The highest BCUT2D eigenvalue weighted by atomic mass is 28.2. The lowest BCUT2D eigenvalue weighted by Crippen LogP contribution is -2.18. The van der Waals surface area contributed by atoms with Crippen LogP contribution in [0.25, 0.3) is 0 Å². The molecule has 0 aromatic rings. The topological polar surface area (TPSA) is 9.23 Å². The molecule has 2 atom stereocenters. The van der Waals surface area contributed by atoms with Crippen LogP contribution in [-0.2, 0) is 4.43 Å². The van der Waals surface area contributed by atoms with Crippen molar-refractivity contribution < 1.29 is 4.43 Å². The predicted molar refractivity (Wildman–Crippen MR) is 67.8 cm³/mol. The second-order valence-corrected chi connectivity index (χ2v) is 7.57. The smallest absolute Gasteiger partial charge is 0.165 e. The summed E-state index contributed by atoms with van der Waals surface area (Å²) >= 11 is 0. The Morgan fingerprint density at radius 3 is 2.20 bits per heavy atom. The van der Waals surface area contributed by atoms with Gasteiger partial charge in [0.05, 0.1) is 0 Å². The largest absolute Gasteiger partial charge is 0.423 e. The number of hydrogen-bond acceptors (Lipinski definition) is 1. The van der Waals surface area contributed by atoms with Crippen molar-refractivity contribution in [2.45, 2.75) is 57.9 Å². The standard InChI is InChI=1S/C13H26OSi/c1-10-7-8-11(2)13(10)15-14-9-12-5-3-4-6-12/h10-13H,3-9,15H2,1-2H3. The summed E-state index contributed by atoms with van der Waals surface area (Å²) in [5, 5.41) is 0. The summed E-state index contributed by atoms with van der Waals surface area (Å²) in [6, 6.07) is 0. The highest BCUT2D eigenvalue weighted by molar-refractivity contribution is 6.29. The molecule has 2 fully saturated rings. The molecule has 2 heteroatoms. The molecule has 0 aromatic carbocycles. The van der Waals surface area contributed by atoms with Gasteiger partial charge < -0.3 is 4.43 Å². The molecule has 2 rings (SSSR count). The first-order valence-electron chi connectivity index (χ1n) is 6.85. The van der Waals surface area contributed by atoms with Gasteiger partial charge in [-0.05, 0) is 36.1 Å². The van der Waals surface area contributed by atoms with Crippen LogP contribution in [-0.4, -0.2) is 16.4 Å². The lowest BCUT2D eigenvalue weighted by molar-refractivity contribution is 0.253. The fraction of sp³-hybridized carbons (Fsp3) is 1.00. The third-order valence-electron chi connectivity index (χ3n) is 4.68. The number of hydrogen-bond donors (Lipinski definition) is 0. The van der Waals surface area contributed by atoms with Crippen molar-refractivity contribution in [1.29, 1.82) is 0 Å². The van der Waals surface area contributed by atoms with Gasteiger partial charge in [0.2, 0.25) is 0 Å². The van der Waals surface area contributed by atoms with Crippen LogP contribution in [0.5, 0.6) is 0 Å². The highest BCUT2D eigenvalue weighted by Gasteiger charge is 2.30. The van der Waals surface area contributed by atoms with E-state index in [1.807, 2.05) is 0 Å². The van der Waals surface area contributed by atoms with Crippen molar-refractivity contribution in [3.63, 3.8) is 0 Å². The molecule has 0 amide bonds. The van der Waals surface area contributed by atoms with E-state index >= 15 is 0 Å². The van der Waals surface area contributed by atoms with E-state index in [-0.39, 0.29) is 9.76 Å². The van der Waals surface area contributed by atoms with Crippen LogP contribution in [0.3, 0.4) is 0 Å². The molecule has 2 aliphatic rings. The Labute approximate surface area is 96.9 Å². The molecule has 0 bridgehead atoms. The third-order valence-corrected chi connectivity index (χ3v) is 7.14. The van der Waals surface area contributed by atoms with Gasteiger partial charge in [0.15, 0.2) is 9.76 Å². The lowest BCUT2D eigenvalue weighted by atomic mass is 10.1. The summed E-state index contributed by atoms with van der Waals surface area (Å²) in [6.45, 7) is 5.96. The van der Waals surface area contributed by atoms with Crippen LogP contribution in [0.1, 0.15) is 52.4 Å². The van der Waals surface area contributed by atoms with Gasteiger partial charge in [-0.15, -0.1) is 0 Å². The van der Waals surface area contributed by atoms with Crippen molar-refractivity contribution in [3.8, 4) is 0 Å². The Morgan fingerprint density at radius 1 is 1.00 bits per heavy atom. The normalized spacial score (nSPS) is 38.4. The lowest BCUT2D eigenvalue weighted by Gasteiger charge is -2.20. The molecular weight excluding hydrogens is 200 g/mol. The van der Waals surface area contributed by atoms with Crippen molar-refractivity contribution in [2.75, 3.05) is 6.61 Å². The Balaban J connectivity index is 1.64. The van der Waals surface area contributed by atoms with Crippen molar-refractivity contribution in [1.82, 2.24) is 0 Å². The van der Waals surface area contributed by atoms with E-state index in [0.29, 0.717) is 0 Å². The second-order valence-electron chi connectivity index (χ2n) is 5.88. The van der Waals surface area contributed by atoms with Crippen LogP contribution in [0.15, 0.2) is 0 Å². The molecule has 2 unspecified atom stereocenters. The Kier molecular flexibility index (Phi) is 4.27. The zero-order valence-electron chi connectivity index (χ0n) is 10.4. The Bertz CT molecular complexity index is 179. The average Bonchev–Trinajstić information content (AvgIpc) is 2.82. The fourth-order valence-corrected chi connectivity index (χ4v) is 5.26. The first-order valence-corrected chi connectivity index (χ1v) is 8.24. The minimum absolute atomic E-state index is 0.241. The maximum Gasteiger partial charge on any atom is 0.165 e. The van der Waals surface area contributed by atoms with Crippen LogP contribution in [0.4, 0.5) is 0 Å². The maximum atomic E-state index is 6.08. The molecule has 2 saturated carbocycles. The minimum Gasteiger partial charge on any atom is -0.423 e. The van der Waals surface area contributed by atoms with Gasteiger partial charge in [-0.1, -0.05) is 39.5 Å². The fourth-order valence-electron chi connectivity index (χ4n) is 3.39. The summed E-state index contributed by atoms with van der Waals surface area (Å²) < 4.78 is 6.08. The van der Waals surface area contributed by atoms with E-state index in [0.717, 1.165) is 29.9 Å². The minimum atomic E-state index is -0.241. The van der Waals surface area contributed by atoms with E-state index in [1.165, 1.54) is 38.5 Å². The molecule has 0 saturated heterocycles. The average molecular weight is 226 g/mol. The first kappa shape index (κ1) is 11.7. The molecule has 0 heterocycles. The van der Waals surface area contributed by atoms with E-state index in [9.17, 15) is 0 Å². The van der Waals surface area contributed by atoms with Crippen molar-refractivity contribution >= 4 is 9.76 Å². The van der Waals surface area contributed by atoms with Crippen LogP contribution < -0.4 is 0 Å².